The first kappa shape index (κ1) is 22.4. The van der Waals surface area contributed by atoms with Crippen molar-refractivity contribution in [1.29, 1.82) is 5.26 Å². The van der Waals surface area contributed by atoms with Crippen molar-refractivity contribution in [2.75, 3.05) is 31.7 Å². The number of ether oxygens (including phenoxy) is 1. The van der Waals surface area contributed by atoms with Crippen LogP contribution in [-0.4, -0.2) is 37.7 Å². The molecule has 1 aromatic heterocycles. The van der Waals surface area contributed by atoms with Gasteiger partial charge in [0, 0.05) is 25.2 Å². The highest BCUT2D eigenvalue weighted by Gasteiger charge is 2.45. The zero-order valence-electron chi connectivity index (χ0n) is 17.4. The van der Waals surface area contributed by atoms with Crippen LogP contribution in [0.2, 0.25) is 0 Å². The summed E-state index contributed by atoms with van der Waals surface area (Å²) in [4.78, 5) is 17.3. The van der Waals surface area contributed by atoms with Crippen LogP contribution in [0.5, 0.6) is 0 Å². The average Bonchev–Trinajstić information content (AvgIpc) is 3.55. The Labute approximate surface area is 173 Å². The molecule has 2 aliphatic rings. The molecule has 1 heterocycles. The third kappa shape index (κ3) is 6.88. The Balaban J connectivity index is 0.000000221. The van der Waals surface area contributed by atoms with E-state index in [0.717, 1.165) is 25.2 Å². The van der Waals surface area contributed by atoms with Crippen LogP contribution in [-0.2, 0) is 9.53 Å². The van der Waals surface area contributed by atoms with Crippen LogP contribution in [0.4, 0.5) is 5.82 Å². The number of nitrogens with zero attached hydrogens (tertiary/aromatic N) is 3. The van der Waals surface area contributed by atoms with E-state index in [1.165, 1.54) is 24.6 Å². The number of hydrogen-bond acceptors (Lipinski definition) is 5. The van der Waals surface area contributed by atoms with E-state index in [0.29, 0.717) is 12.2 Å². The van der Waals surface area contributed by atoms with E-state index in [4.69, 9.17) is 10.00 Å². The van der Waals surface area contributed by atoms with Crippen molar-refractivity contribution in [3.8, 4) is 6.07 Å². The molecule has 3 rings (SSSR count). The molecule has 1 N–H and O–H groups in total. The molecule has 1 amide bonds. The number of pyridine rings is 1. The van der Waals surface area contributed by atoms with Crippen molar-refractivity contribution in [3.05, 3.63) is 60.5 Å². The topological polar surface area (TPSA) is 78.2 Å². The molecule has 0 bridgehead atoms. The first-order valence-corrected chi connectivity index (χ1v) is 9.97. The van der Waals surface area contributed by atoms with E-state index in [9.17, 15) is 4.79 Å². The molecule has 0 aromatic carbocycles. The van der Waals surface area contributed by atoms with Crippen molar-refractivity contribution >= 4 is 11.7 Å². The standard InChI is InChI=1S/C14H19NO2.C9H11N3/c1-2-15-13(16)10-17-11-14(8-9-14)12-6-4-3-5-7-12;1-3-12(2)9-5-4-8(6-10)7-11-9/h2,4,6-7H,1,3,5,8-11H2,(H,15,16);4-5,7H,3H2,1-2H3. The summed E-state index contributed by atoms with van der Waals surface area (Å²) in [7, 11) is 1.97. The molecule has 0 radical (unpaired) electrons. The normalized spacial score (nSPS) is 15.8. The number of hydrogen-bond donors (Lipinski definition) is 1. The van der Waals surface area contributed by atoms with E-state index >= 15 is 0 Å². The van der Waals surface area contributed by atoms with E-state index in [1.807, 2.05) is 24.1 Å². The summed E-state index contributed by atoms with van der Waals surface area (Å²) in [5.74, 6) is 0.764. The summed E-state index contributed by atoms with van der Waals surface area (Å²) in [6.45, 7) is 7.17. The van der Waals surface area contributed by atoms with Gasteiger partial charge in [0.25, 0.3) is 0 Å². The van der Waals surface area contributed by atoms with Crippen LogP contribution < -0.4 is 10.2 Å². The Morgan fingerprint density at radius 2 is 2.24 bits per heavy atom. The SMILES string of the molecule is C=CNC(=O)COCC1(C2=CCCC=C2)CC1.CCN(C)c1ccc(C#N)cn1. The monoisotopic (exact) mass is 394 g/mol. The highest BCUT2D eigenvalue weighted by atomic mass is 16.5. The summed E-state index contributed by atoms with van der Waals surface area (Å²) in [6.07, 6.45) is 14.3. The molecular formula is C23H30N4O2. The van der Waals surface area contributed by atoms with E-state index in [1.54, 1.807) is 12.3 Å². The zero-order valence-corrected chi connectivity index (χ0v) is 17.4. The molecule has 0 unspecified atom stereocenters. The van der Waals surface area contributed by atoms with Gasteiger partial charge in [-0.1, -0.05) is 24.8 Å². The molecule has 0 saturated heterocycles. The minimum absolute atomic E-state index is 0.116. The number of nitriles is 1. The van der Waals surface area contributed by atoms with Gasteiger partial charge in [-0.05, 0) is 56.5 Å². The number of allylic oxidation sites excluding steroid dienone is 3. The minimum Gasteiger partial charge on any atom is -0.371 e. The van der Waals surface area contributed by atoms with Gasteiger partial charge >= 0.3 is 0 Å². The van der Waals surface area contributed by atoms with E-state index in [2.05, 4.69) is 42.0 Å². The number of carbonyl (C=O) groups excluding carboxylic acids is 1. The summed E-state index contributed by atoms with van der Waals surface area (Å²) in [5.41, 5.74) is 2.20. The predicted molar refractivity (Wildman–Crippen MR) is 115 cm³/mol. The maximum absolute atomic E-state index is 11.2. The quantitative estimate of drug-likeness (QED) is 0.727. The molecule has 29 heavy (non-hydrogen) atoms. The lowest BCUT2D eigenvalue weighted by Gasteiger charge is -2.18. The summed E-state index contributed by atoms with van der Waals surface area (Å²) in [5, 5.41) is 11.0. The first-order chi connectivity index (χ1) is 14.0. The summed E-state index contributed by atoms with van der Waals surface area (Å²) >= 11 is 0. The molecule has 6 nitrogen and oxygen atoms in total. The Morgan fingerprint density at radius 3 is 2.76 bits per heavy atom. The fourth-order valence-corrected chi connectivity index (χ4v) is 3.01. The Bertz CT molecular complexity index is 786. The average molecular weight is 395 g/mol. The van der Waals surface area contributed by atoms with Crippen molar-refractivity contribution in [3.63, 3.8) is 0 Å². The lowest BCUT2D eigenvalue weighted by Crippen LogP contribution is -2.24. The van der Waals surface area contributed by atoms with Crippen molar-refractivity contribution < 1.29 is 9.53 Å². The van der Waals surface area contributed by atoms with Crippen LogP contribution in [0, 0.1) is 16.7 Å². The molecule has 0 atom stereocenters. The predicted octanol–water partition coefficient (Wildman–Crippen LogP) is 3.73. The third-order valence-electron chi connectivity index (χ3n) is 5.08. The van der Waals surface area contributed by atoms with Gasteiger partial charge in [0.1, 0.15) is 18.5 Å². The number of rotatable bonds is 8. The van der Waals surface area contributed by atoms with Gasteiger partial charge in [-0.3, -0.25) is 4.79 Å². The highest BCUT2D eigenvalue weighted by Crippen LogP contribution is 2.53. The van der Waals surface area contributed by atoms with Gasteiger partial charge in [-0.2, -0.15) is 5.26 Å². The van der Waals surface area contributed by atoms with Gasteiger partial charge in [-0.15, -0.1) is 0 Å². The van der Waals surface area contributed by atoms with Crippen LogP contribution >= 0.6 is 0 Å². The molecular weight excluding hydrogens is 364 g/mol. The third-order valence-corrected chi connectivity index (χ3v) is 5.08. The maximum Gasteiger partial charge on any atom is 0.249 e. The number of nitrogens with one attached hydrogen (secondary N) is 1. The largest absolute Gasteiger partial charge is 0.371 e. The minimum atomic E-state index is -0.135. The second-order valence-corrected chi connectivity index (χ2v) is 7.22. The molecule has 0 aliphatic heterocycles. The van der Waals surface area contributed by atoms with Crippen LogP contribution in [0.1, 0.15) is 38.2 Å². The van der Waals surface area contributed by atoms with Crippen molar-refractivity contribution in [2.24, 2.45) is 5.41 Å². The lowest BCUT2D eigenvalue weighted by atomic mass is 9.92. The van der Waals surface area contributed by atoms with E-state index in [-0.39, 0.29) is 17.9 Å². The van der Waals surface area contributed by atoms with Gasteiger partial charge in [0.05, 0.1) is 12.2 Å². The van der Waals surface area contributed by atoms with Gasteiger partial charge in [-0.25, -0.2) is 4.98 Å². The van der Waals surface area contributed by atoms with Gasteiger partial charge < -0.3 is 15.0 Å². The fraction of sp³-hybridized carbons (Fsp3) is 0.435. The van der Waals surface area contributed by atoms with Crippen LogP contribution in [0.25, 0.3) is 0 Å². The molecule has 6 heteroatoms. The Hall–Kier alpha value is -2.91. The number of amides is 1. The molecule has 154 valence electrons. The smallest absolute Gasteiger partial charge is 0.249 e. The zero-order chi connectivity index (χ0) is 21.1. The molecule has 1 fully saturated rings. The number of aromatic nitrogens is 1. The number of carbonyl (C=O) groups is 1. The van der Waals surface area contributed by atoms with Gasteiger partial charge in [0.15, 0.2) is 0 Å². The second kappa shape index (κ2) is 11.2. The molecule has 0 spiro atoms. The van der Waals surface area contributed by atoms with E-state index < -0.39 is 0 Å². The van der Waals surface area contributed by atoms with Crippen LogP contribution in [0.15, 0.2) is 54.9 Å². The molecule has 2 aliphatic carbocycles. The van der Waals surface area contributed by atoms with Crippen molar-refractivity contribution in [1.82, 2.24) is 10.3 Å². The molecule has 1 saturated carbocycles. The van der Waals surface area contributed by atoms with Crippen LogP contribution in [0.3, 0.4) is 0 Å². The Morgan fingerprint density at radius 1 is 1.45 bits per heavy atom. The lowest BCUT2D eigenvalue weighted by molar-refractivity contribution is -0.125. The summed E-state index contributed by atoms with van der Waals surface area (Å²) < 4.78 is 5.49. The van der Waals surface area contributed by atoms with Crippen molar-refractivity contribution in [2.45, 2.75) is 32.6 Å². The maximum atomic E-state index is 11.2. The second-order valence-electron chi connectivity index (χ2n) is 7.22. The molecule has 1 aromatic rings. The fourth-order valence-electron chi connectivity index (χ4n) is 3.01. The summed E-state index contributed by atoms with van der Waals surface area (Å²) in [6, 6.07) is 5.65. The highest BCUT2D eigenvalue weighted by molar-refractivity contribution is 5.78. The Kier molecular flexibility index (Phi) is 8.63. The first-order valence-electron chi connectivity index (χ1n) is 9.97. The number of anilines is 1. The van der Waals surface area contributed by atoms with Gasteiger partial charge in [0.2, 0.25) is 5.91 Å².